The second-order valence-corrected chi connectivity index (χ2v) is 3.50. The number of nitrogens with two attached hydrogens (primary N) is 1. The smallest absolute Gasteiger partial charge is 0.119 e. The summed E-state index contributed by atoms with van der Waals surface area (Å²) in [6.07, 6.45) is 5.46. The summed E-state index contributed by atoms with van der Waals surface area (Å²) in [7, 11) is 0. The van der Waals surface area contributed by atoms with E-state index in [2.05, 4.69) is 4.98 Å². The lowest BCUT2D eigenvalue weighted by molar-refractivity contribution is 0.298. The molecule has 18 heavy (non-hydrogen) atoms. The fourth-order valence-electron chi connectivity index (χ4n) is 1.41. The SMILES string of the molecule is Cl.Cl.NCc1ccc(OCCn2ccnc2)cc1. The number of halogens is 2. The van der Waals surface area contributed by atoms with E-state index in [4.69, 9.17) is 10.5 Å². The number of aromatic nitrogens is 2. The fourth-order valence-corrected chi connectivity index (χ4v) is 1.41. The van der Waals surface area contributed by atoms with Gasteiger partial charge in [0.15, 0.2) is 0 Å². The topological polar surface area (TPSA) is 53.1 Å². The summed E-state index contributed by atoms with van der Waals surface area (Å²) >= 11 is 0. The van der Waals surface area contributed by atoms with E-state index in [1.807, 2.05) is 35.0 Å². The zero-order valence-electron chi connectivity index (χ0n) is 9.86. The zero-order chi connectivity index (χ0) is 11.2. The molecule has 6 heteroatoms. The third-order valence-electron chi connectivity index (χ3n) is 2.34. The van der Waals surface area contributed by atoms with Crippen LogP contribution in [0.1, 0.15) is 5.56 Å². The van der Waals surface area contributed by atoms with Gasteiger partial charge in [0, 0.05) is 18.9 Å². The molecule has 4 nitrogen and oxygen atoms in total. The Labute approximate surface area is 119 Å². The van der Waals surface area contributed by atoms with Crippen LogP contribution in [0.4, 0.5) is 0 Å². The molecule has 0 spiro atoms. The van der Waals surface area contributed by atoms with E-state index in [1.165, 1.54) is 0 Å². The standard InChI is InChI=1S/C12H15N3O.2ClH/c13-9-11-1-3-12(4-2-11)16-8-7-15-6-5-14-10-15;;/h1-6,10H,7-9,13H2;2*1H. The van der Waals surface area contributed by atoms with Gasteiger partial charge in [-0.05, 0) is 17.7 Å². The number of ether oxygens (including phenoxy) is 1. The molecule has 2 N–H and O–H groups in total. The van der Waals surface area contributed by atoms with Gasteiger partial charge in [0.1, 0.15) is 12.4 Å². The van der Waals surface area contributed by atoms with Crippen LogP contribution in [-0.4, -0.2) is 16.2 Å². The minimum Gasteiger partial charge on any atom is -0.492 e. The molecule has 0 amide bonds. The Kier molecular flexibility index (Phi) is 8.20. The lowest BCUT2D eigenvalue weighted by atomic mass is 10.2. The van der Waals surface area contributed by atoms with Crippen molar-refractivity contribution in [2.75, 3.05) is 6.61 Å². The number of hydrogen-bond acceptors (Lipinski definition) is 3. The van der Waals surface area contributed by atoms with Crippen LogP contribution in [0.15, 0.2) is 43.0 Å². The van der Waals surface area contributed by atoms with E-state index >= 15 is 0 Å². The predicted octanol–water partition coefficient (Wildman–Crippen LogP) is 2.26. The summed E-state index contributed by atoms with van der Waals surface area (Å²) in [5.41, 5.74) is 6.63. The predicted molar refractivity (Wildman–Crippen MR) is 76.6 cm³/mol. The van der Waals surface area contributed by atoms with Crippen molar-refractivity contribution in [3.05, 3.63) is 48.5 Å². The highest BCUT2D eigenvalue weighted by molar-refractivity contribution is 5.85. The molecule has 0 fully saturated rings. The van der Waals surface area contributed by atoms with Crippen LogP contribution in [0.2, 0.25) is 0 Å². The molecule has 0 saturated carbocycles. The molecular formula is C12H17Cl2N3O. The minimum atomic E-state index is 0. The van der Waals surface area contributed by atoms with Gasteiger partial charge in [-0.25, -0.2) is 4.98 Å². The van der Waals surface area contributed by atoms with Crippen LogP contribution in [0.5, 0.6) is 5.75 Å². The number of nitrogens with zero attached hydrogens (tertiary/aromatic N) is 2. The number of rotatable bonds is 5. The third-order valence-corrected chi connectivity index (χ3v) is 2.34. The normalized spacial score (nSPS) is 9.17. The maximum atomic E-state index is 5.59. The quantitative estimate of drug-likeness (QED) is 0.919. The molecule has 1 heterocycles. The Morgan fingerprint density at radius 1 is 1.17 bits per heavy atom. The molecule has 0 radical (unpaired) electrons. The van der Waals surface area contributed by atoms with Gasteiger partial charge >= 0.3 is 0 Å². The Morgan fingerprint density at radius 3 is 2.44 bits per heavy atom. The molecule has 0 bridgehead atoms. The molecule has 0 aliphatic heterocycles. The van der Waals surface area contributed by atoms with Crippen molar-refractivity contribution in [2.45, 2.75) is 13.1 Å². The van der Waals surface area contributed by atoms with Gasteiger partial charge in [-0.1, -0.05) is 12.1 Å². The van der Waals surface area contributed by atoms with Gasteiger partial charge in [0.05, 0.1) is 12.9 Å². The van der Waals surface area contributed by atoms with Crippen molar-refractivity contribution < 1.29 is 4.74 Å². The van der Waals surface area contributed by atoms with Gasteiger partial charge in [-0.2, -0.15) is 0 Å². The molecular weight excluding hydrogens is 273 g/mol. The summed E-state index contributed by atoms with van der Waals surface area (Å²) in [5, 5.41) is 0. The van der Waals surface area contributed by atoms with Crippen LogP contribution >= 0.6 is 24.8 Å². The maximum Gasteiger partial charge on any atom is 0.119 e. The average molecular weight is 290 g/mol. The van der Waals surface area contributed by atoms with E-state index in [9.17, 15) is 0 Å². The summed E-state index contributed by atoms with van der Waals surface area (Å²) in [6, 6.07) is 7.84. The molecule has 0 atom stereocenters. The summed E-state index contributed by atoms with van der Waals surface area (Å²) in [5.74, 6) is 0.873. The van der Waals surface area contributed by atoms with E-state index in [1.54, 1.807) is 12.5 Å². The first-order valence-corrected chi connectivity index (χ1v) is 5.26. The number of hydrogen-bond donors (Lipinski definition) is 1. The molecule has 0 saturated heterocycles. The molecule has 2 aromatic rings. The van der Waals surface area contributed by atoms with E-state index in [0.29, 0.717) is 13.2 Å². The first-order valence-electron chi connectivity index (χ1n) is 5.26. The van der Waals surface area contributed by atoms with Crippen molar-refractivity contribution >= 4 is 24.8 Å². The number of imidazole rings is 1. The summed E-state index contributed by atoms with van der Waals surface area (Å²) < 4.78 is 7.57. The second kappa shape index (κ2) is 8.80. The van der Waals surface area contributed by atoms with E-state index in [0.717, 1.165) is 17.9 Å². The molecule has 100 valence electrons. The van der Waals surface area contributed by atoms with Crippen LogP contribution < -0.4 is 10.5 Å². The van der Waals surface area contributed by atoms with Crippen LogP contribution in [0.3, 0.4) is 0 Å². The molecule has 2 rings (SSSR count). The average Bonchev–Trinajstić information content (AvgIpc) is 2.83. The monoisotopic (exact) mass is 289 g/mol. The zero-order valence-corrected chi connectivity index (χ0v) is 11.5. The van der Waals surface area contributed by atoms with Gasteiger partial charge in [0.2, 0.25) is 0 Å². The minimum absolute atomic E-state index is 0. The molecule has 0 unspecified atom stereocenters. The largest absolute Gasteiger partial charge is 0.492 e. The summed E-state index contributed by atoms with van der Waals surface area (Å²) in [4.78, 5) is 3.96. The molecule has 0 aliphatic rings. The lowest BCUT2D eigenvalue weighted by Gasteiger charge is -2.07. The Morgan fingerprint density at radius 2 is 1.89 bits per heavy atom. The molecule has 1 aromatic heterocycles. The van der Waals surface area contributed by atoms with Gasteiger partial charge in [-0.3, -0.25) is 0 Å². The Bertz CT molecular complexity index is 417. The molecule has 0 aliphatic carbocycles. The van der Waals surface area contributed by atoms with E-state index < -0.39 is 0 Å². The van der Waals surface area contributed by atoms with Crippen molar-refractivity contribution in [3.8, 4) is 5.75 Å². The third kappa shape index (κ3) is 4.96. The summed E-state index contributed by atoms with van der Waals surface area (Å²) in [6.45, 7) is 2.01. The second-order valence-electron chi connectivity index (χ2n) is 3.50. The van der Waals surface area contributed by atoms with Gasteiger partial charge in [0.25, 0.3) is 0 Å². The van der Waals surface area contributed by atoms with Crippen molar-refractivity contribution in [2.24, 2.45) is 5.73 Å². The fraction of sp³-hybridized carbons (Fsp3) is 0.250. The highest BCUT2D eigenvalue weighted by Gasteiger charge is 1.95. The lowest BCUT2D eigenvalue weighted by Crippen LogP contribution is -2.06. The van der Waals surface area contributed by atoms with Crippen molar-refractivity contribution in [1.82, 2.24) is 9.55 Å². The maximum absolute atomic E-state index is 5.59. The van der Waals surface area contributed by atoms with Crippen LogP contribution in [0, 0.1) is 0 Å². The Hall–Kier alpha value is -1.23. The van der Waals surface area contributed by atoms with Gasteiger partial charge in [-0.15, -0.1) is 24.8 Å². The van der Waals surface area contributed by atoms with E-state index in [-0.39, 0.29) is 24.8 Å². The first kappa shape index (κ1) is 16.8. The highest BCUT2D eigenvalue weighted by Crippen LogP contribution is 2.11. The molecule has 1 aromatic carbocycles. The van der Waals surface area contributed by atoms with Crippen LogP contribution in [0.25, 0.3) is 0 Å². The first-order chi connectivity index (χ1) is 7.88. The number of benzene rings is 1. The highest BCUT2D eigenvalue weighted by atomic mass is 35.5. The van der Waals surface area contributed by atoms with Crippen molar-refractivity contribution in [3.63, 3.8) is 0 Å². The van der Waals surface area contributed by atoms with Gasteiger partial charge < -0.3 is 15.0 Å². The Balaban J connectivity index is 0.00000144. The van der Waals surface area contributed by atoms with Crippen LogP contribution in [-0.2, 0) is 13.1 Å². The van der Waals surface area contributed by atoms with Crippen molar-refractivity contribution in [1.29, 1.82) is 0 Å².